The molecule has 2 rings (SSSR count). The first-order valence-corrected chi connectivity index (χ1v) is 5.62. The number of pyridine rings is 1. The topological polar surface area (TPSA) is 82.5 Å². The number of hydrogen-bond donors (Lipinski definition) is 3. The van der Waals surface area contributed by atoms with Crippen molar-refractivity contribution >= 4 is 16.8 Å². The van der Waals surface area contributed by atoms with Gasteiger partial charge in [0.25, 0.3) is 5.91 Å². The number of carbonyl (C=O) groups is 1. The number of aromatic nitrogens is 1. The van der Waals surface area contributed by atoms with Gasteiger partial charge in [0, 0.05) is 11.6 Å². The van der Waals surface area contributed by atoms with E-state index in [0.717, 1.165) is 10.9 Å². The Hall–Kier alpha value is -1.98. The number of fused-ring (bicyclic) bond motifs is 1. The predicted octanol–water partition coefficient (Wildman–Crippen LogP) is 0.318. The molecule has 0 aliphatic rings. The molecule has 3 N–H and O–H groups in total. The summed E-state index contributed by atoms with van der Waals surface area (Å²) in [5.74, 6) is -0.360. The summed E-state index contributed by atoms with van der Waals surface area (Å²) in [5, 5.41) is 21.2. The van der Waals surface area contributed by atoms with Crippen LogP contribution in [0.1, 0.15) is 10.4 Å². The number of amides is 1. The maximum Gasteiger partial charge on any atom is 0.253 e. The highest BCUT2D eigenvalue weighted by molar-refractivity contribution is 5.97. The van der Waals surface area contributed by atoms with Gasteiger partial charge in [-0.3, -0.25) is 9.78 Å². The molecule has 5 nitrogen and oxygen atoms in total. The van der Waals surface area contributed by atoms with Crippen molar-refractivity contribution in [2.45, 2.75) is 6.04 Å². The minimum atomic E-state index is -0.649. The molecule has 0 atom stereocenters. The standard InChI is InChI=1S/C13H14N2O3/c16-7-11(8-17)15-13(18)10-5-9-3-1-2-4-12(9)14-6-10/h1-6,11,16-17H,7-8H2,(H,15,18). The lowest BCUT2D eigenvalue weighted by molar-refractivity contribution is 0.0879. The number of para-hydroxylation sites is 1. The van der Waals surface area contributed by atoms with Crippen molar-refractivity contribution in [3.8, 4) is 0 Å². The molecule has 18 heavy (non-hydrogen) atoms. The number of rotatable bonds is 4. The van der Waals surface area contributed by atoms with Crippen LogP contribution in [0.2, 0.25) is 0 Å². The molecule has 0 aliphatic carbocycles. The molecule has 0 unspecified atom stereocenters. The van der Waals surface area contributed by atoms with Crippen LogP contribution in [-0.2, 0) is 0 Å². The van der Waals surface area contributed by atoms with Gasteiger partial charge in [-0.15, -0.1) is 0 Å². The number of aliphatic hydroxyl groups is 2. The van der Waals surface area contributed by atoms with Crippen LogP contribution < -0.4 is 5.32 Å². The fourth-order valence-electron chi connectivity index (χ4n) is 1.61. The molecule has 2 aromatic rings. The van der Waals surface area contributed by atoms with E-state index in [1.54, 1.807) is 6.07 Å². The summed E-state index contributed by atoms with van der Waals surface area (Å²) in [6.45, 7) is -0.605. The summed E-state index contributed by atoms with van der Waals surface area (Å²) >= 11 is 0. The van der Waals surface area contributed by atoms with Crippen molar-refractivity contribution < 1.29 is 15.0 Å². The van der Waals surface area contributed by atoms with Crippen LogP contribution in [0.5, 0.6) is 0 Å². The molecule has 1 amide bonds. The highest BCUT2D eigenvalue weighted by atomic mass is 16.3. The van der Waals surface area contributed by atoms with E-state index in [2.05, 4.69) is 10.3 Å². The summed E-state index contributed by atoms with van der Waals surface area (Å²) in [7, 11) is 0. The van der Waals surface area contributed by atoms with Gasteiger partial charge >= 0.3 is 0 Å². The first-order valence-electron chi connectivity index (χ1n) is 5.62. The van der Waals surface area contributed by atoms with Crippen molar-refractivity contribution in [3.05, 3.63) is 42.1 Å². The Morgan fingerprint density at radius 1 is 1.28 bits per heavy atom. The summed E-state index contributed by atoms with van der Waals surface area (Å²) in [5.41, 5.74) is 1.22. The number of nitrogens with zero attached hydrogens (tertiary/aromatic N) is 1. The van der Waals surface area contributed by atoms with E-state index in [0.29, 0.717) is 5.56 Å². The number of benzene rings is 1. The normalized spacial score (nSPS) is 10.8. The Morgan fingerprint density at radius 2 is 2.00 bits per heavy atom. The van der Waals surface area contributed by atoms with E-state index in [9.17, 15) is 4.79 Å². The molecular formula is C13H14N2O3. The van der Waals surface area contributed by atoms with Crippen LogP contribution in [0.4, 0.5) is 0 Å². The largest absolute Gasteiger partial charge is 0.394 e. The molecule has 1 aromatic carbocycles. The Morgan fingerprint density at radius 3 is 2.72 bits per heavy atom. The number of carbonyl (C=O) groups excluding carboxylic acids is 1. The van der Waals surface area contributed by atoms with Gasteiger partial charge in [0.05, 0.1) is 30.3 Å². The smallest absolute Gasteiger partial charge is 0.253 e. The molecule has 0 saturated carbocycles. The second-order valence-electron chi connectivity index (χ2n) is 3.95. The average molecular weight is 246 g/mol. The van der Waals surface area contributed by atoms with Crippen LogP contribution in [0.25, 0.3) is 10.9 Å². The number of aliphatic hydroxyl groups excluding tert-OH is 2. The minimum Gasteiger partial charge on any atom is -0.394 e. The molecule has 0 spiro atoms. The molecule has 94 valence electrons. The van der Waals surface area contributed by atoms with Gasteiger partial charge in [-0.25, -0.2) is 0 Å². The van der Waals surface area contributed by atoms with E-state index < -0.39 is 6.04 Å². The van der Waals surface area contributed by atoms with Gasteiger partial charge in [-0.1, -0.05) is 18.2 Å². The van der Waals surface area contributed by atoms with Crippen LogP contribution in [0.3, 0.4) is 0 Å². The summed E-state index contributed by atoms with van der Waals surface area (Å²) in [6.07, 6.45) is 1.48. The van der Waals surface area contributed by atoms with Crippen LogP contribution in [0, 0.1) is 0 Å². The minimum absolute atomic E-state index is 0.302. The maximum absolute atomic E-state index is 11.8. The molecule has 1 heterocycles. The molecule has 0 saturated heterocycles. The van der Waals surface area contributed by atoms with Crippen LogP contribution >= 0.6 is 0 Å². The highest BCUT2D eigenvalue weighted by Crippen LogP contribution is 2.12. The van der Waals surface area contributed by atoms with E-state index in [1.165, 1.54) is 6.20 Å². The summed E-state index contributed by atoms with van der Waals surface area (Å²) < 4.78 is 0. The fraction of sp³-hybridized carbons (Fsp3) is 0.231. The molecule has 1 aromatic heterocycles. The molecule has 0 aliphatic heterocycles. The molecule has 0 radical (unpaired) electrons. The quantitative estimate of drug-likeness (QED) is 0.725. The number of hydrogen-bond acceptors (Lipinski definition) is 4. The monoisotopic (exact) mass is 246 g/mol. The van der Waals surface area contributed by atoms with Crippen molar-refractivity contribution in [2.24, 2.45) is 0 Å². The third-order valence-corrected chi connectivity index (χ3v) is 2.63. The van der Waals surface area contributed by atoms with Gasteiger partial charge in [0.2, 0.25) is 0 Å². The van der Waals surface area contributed by atoms with Crippen LogP contribution in [-0.4, -0.2) is 40.4 Å². The van der Waals surface area contributed by atoms with Gasteiger partial charge in [-0.05, 0) is 12.1 Å². The van der Waals surface area contributed by atoms with E-state index >= 15 is 0 Å². The third-order valence-electron chi connectivity index (χ3n) is 2.63. The fourth-order valence-corrected chi connectivity index (χ4v) is 1.61. The molecular weight excluding hydrogens is 232 g/mol. The first-order chi connectivity index (χ1) is 8.74. The lowest BCUT2D eigenvalue weighted by atomic mass is 10.1. The van der Waals surface area contributed by atoms with E-state index in [1.807, 2.05) is 24.3 Å². The van der Waals surface area contributed by atoms with Gasteiger partial charge in [-0.2, -0.15) is 0 Å². The van der Waals surface area contributed by atoms with Crippen molar-refractivity contribution in [3.63, 3.8) is 0 Å². The Balaban J connectivity index is 2.22. The van der Waals surface area contributed by atoms with Crippen molar-refractivity contribution in [1.29, 1.82) is 0 Å². The first kappa shape index (κ1) is 12.5. The van der Waals surface area contributed by atoms with Gasteiger partial charge in [0.1, 0.15) is 0 Å². The SMILES string of the molecule is O=C(NC(CO)CO)c1cnc2ccccc2c1. The predicted molar refractivity (Wildman–Crippen MR) is 67.2 cm³/mol. The Bertz CT molecular complexity index is 553. The van der Waals surface area contributed by atoms with Gasteiger partial charge < -0.3 is 15.5 Å². The number of nitrogens with one attached hydrogen (secondary N) is 1. The Kier molecular flexibility index (Phi) is 3.86. The van der Waals surface area contributed by atoms with E-state index in [4.69, 9.17) is 10.2 Å². The summed E-state index contributed by atoms with van der Waals surface area (Å²) in [6, 6.07) is 8.56. The zero-order valence-electron chi connectivity index (χ0n) is 9.71. The van der Waals surface area contributed by atoms with Crippen LogP contribution in [0.15, 0.2) is 36.5 Å². The lowest BCUT2D eigenvalue weighted by Crippen LogP contribution is -2.40. The average Bonchev–Trinajstić information content (AvgIpc) is 2.44. The molecule has 0 bridgehead atoms. The zero-order valence-corrected chi connectivity index (χ0v) is 9.71. The zero-order chi connectivity index (χ0) is 13.0. The second-order valence-corrected chi connectivity index (χ2v) is 3.95. The van der Waals surface area contributed by atoms with Crippen molar-refractivity contribution in [1.82, 2.24) is 10.3 Å². The highest BCUT2D eigenvalue weighted by Gasteiger charge is 2.12. The summed E-state index contributed by atoms with van der Waals surface area (Å²) in [4.78, 5) is 16.0. The Labute approximate surface area is 104 Å². The van der Waals surface area contributed by atoms with E-state index in [-0.39, 0.29) is 19.1 Å². The molecule has 0 fully saturated rings. The van der Waals surface area contributed by atoms with Crippen molar-refractivity contribution in [2.75, 3.05) is 13.2 Å². The maximum atomic E-state index is 11.8. The second kappa shape index (κ2) is 5.57. The van der Waals surface area contributed by atoms with Gasteiger partial charge in [0.15, 0.2) is 0 Å². The molecule has 5 heteroatoms. The third kappa shape index (κ3) is 2.64. The lowest BCUT2D eigenvalue weighted by Gasteiger charge is -2.13.